The Morgan fingerprint density at radius 1 is 1.50 bits per heavy atom. The molecule has 8 heteroatoms. The van der Waals surface area contributed by atoms with Crippen molar-refractivity contribution in [2.45, 2.75) is 0 Å². The highest BCUT2D eigenvalue weighted by Gasteiger charge is 2.19. The Labute approximate surface area is 104 Å². The fourth-order valence-electron chi connectivity index (χ4n) is 1.34. The Hall–Kier alpha value is -2.14. The number of para-hydroxylation sites is 1. The number of hydrogen-bond acceptors (Lipinski definition) is 6. The normalized spacial score (nSPS) is 10.7. The first-order valence-corrected chi connectivity index (χ1v) is 7.00. The molecule has 1 N–H and O–H groups in total. The summed E-state index contributed by atoms with van der Waals surface area (Å²) in [4.78, 5) is 10.2. The molecule has 1 aromatic rings. The molecule has 0 atom stereocenters. The van der Waals surface area contributed by atoms with Crippen LogP contribution in [0.3, 0.4) is 0 Å². The van der Waals surface area contributed by atoms with Gasteiger partial charge in [0.15, 0.2) is 0 Å². The van der Waals surface area contributed by atoms with E-state index >= 15 is 0 Å². The molecule has 96 valence electrons. The Morgan fingerprint density at radius 3 is 2.67 bits per heavy atom. The lowest BCUT2D eigenvalue weighted by atomic mass is 10.1. The number of nitro groups is 1. The minimum atomic E-state index is -3.14. The first-order chi connectivity index (χ1) is 8.35. The average Bonchev–Trinajstić information content (AvgIpc) is 2.26. The minimum absolute atomic E-state index is 0.0502. The molecule has 0 amide bonds. The van der Waals surface area contributed by atoms with Gasteiger partial charge in [0.1, 0.15) is 27.2 Å². The van der Waals surface area contributed by atoms with Gasteiger partial charge in [0.05, 0.1) is 10.7 Å². The zero-order valence-corrected chi connectivity index (χ0v) is 10.4. The molecule has 0 aliphatic heterocycles. The van der Waals surface area contributed by atoms with Crippen molar-refractivity contribution in [2.75, 3.05) is 23.9 Å². The SMILES string of the molecule is CS(=O)(=O)CCNc1cccc(C#N)c1[N+](=O)[O-]. The van der Waals surface area contributed by atoms with Crippen LogP contribution >= 0.6 is 0 Å². The molecule has 0 aliphatic carbocycles. The van der Waals surface area contributed by atoms with E-state index in [0.29, 0.717) is 0 Å². The Morgan fingerprint density at radius 2 is 2.17 bits per heavy atom. The van der Waals surface area contributed by atoms with Crippen LogP contribution in [0.5, 0.6) is 0 Å². The topological polar surface area (TPSA) is 113 Å². The highest BCUT2D eigenvalue weighted by atomic mass is 32.2. The average molecular weight is 269 g/mol. The lowest BCUT2D eigenvalue weighted by Gasteiger charge is -2.06. The predicted octanol–water partition coefficient (Wildman–Crippen LogP) is 0.923. The summed E-state index contributed by atoms with van der Waals surface area (Å²) in [5.74, 6) is -0.138. The molecule has 7 nitrogen and oxygen atoms in total. The van der Waals surface area contributed by atoms with E-state index in [2.05, 4.69) is 5.32 Å². The van der Waals surface area contributed by atoms with Gasteiger partial charge < -0.3 is 5.32 Å². The minimum Gasteiger partial charge on any atom is -0.378 e. The zero-order valence-electron chi connectivity index (χ0n) is 9.58. The molecule has 0 radical (unpaired) electrons. The maximum absolute atomic E-state index is 10.9. The van der Waals surface area contributed by atoms with Crippen molar-refractivity contribution < 1.29 is 13.3 Å². The van der Waals surface area contributed by atoms with Gasteiger partial charge in [0.2, 0.25) is 0 Å². The highest BCUT2D eigenvalue weighted by Crippen LogP contribution is 2.27. The molecule has 18 heavy (non-hydrogen) atoms. The van der Waals surface area contributed by atoms with Gasteiger partial charge in [-0.3, -0.25) is 10.1 Å². The summed E-state index contributed by atoms with van der Waals surface area (Å²) in [5.41, 5.74) is -0.263. The summed E-state index contributed by atoms with van der Waals surface area (Å²) in [7, 11) is -3.14. The van der Waals surface area contributed by atoms with E-state index in [9.17, 15) is 18.5 Å². The number of hydrogen-bond donors (Lipinski definition) is 1. The number of rotatable bonds is 5. The molecule has 1 aromatic carbocycles. The fourth-order valence-corrected chi connectivity index (χ4v) is 1.82. The zero-order chi connectivity index (χ0) is 13.8. The molecule has 0 aliphatic rings. The highest BCUT2D eigenvalue weighted by molar-refractivity contribution is 7.90. The molecule has 0 fully saturated rings. The fraction of sp³-hybridized carbons (Fsp3) is 0.300. The first-order valence-electron chi connectivity index (χ1n) is 4.94. The Kier molecular flexibility index (Phi) is 4.23. The molecule has 1 rings (SSSR count). The second kappa shape index (κ2) is 5.46. The van der Waals surface area contributed by atoms with Gasteiger partial charge in [0, 0.05) is 12.8 Å². The van der Waals surface area contributed by atoms with E-state index in [1.165, 1.54) is 18.2 Å². The van der Waals surface area contributed by atoms with Crippen LogP contribution in [0, 0.1) is 21.4 Å². The van der Waals surface area contributed by atoms with Crippen LogP contribution in [-0.4, -0.2) is 31.9 Å². The summed E-state index contributed by atoms with van der Waals surface area (Å²) in [6.45, 7) is 0.0502. The number of benzene rings is 1. The quantitative estimate of drug-likeness (QED) is 0.628. The largest absolute Gasteiger partial charge is 0.378 e. The van der Waals surface area contributed by atoms with Crippen LogP contribution in [0.25, 0.3) is 0 Å². The van der Waals surface area contributed by atoms with Crippen molar-refractivity contribution >= 4 is 21.2 Å². The number of nitriles is 1. The third-order valence-electron chi connectivity index (χ3n) is 2.13. The van der Waals surface area contributed by atoms with Gasteiger partial charge in [-0.1, -0.05) is 6.07 Å². The maximum atomic E-state index is 10.9. The molecule has 0 unspecified atom stereocenters. The molecule has 0 saturated heterocycles. The van der Waals surface area contributed by atoms with Crippen LogP contribution in [0.2, 0.25) is 0 Å². The van der Waals surface area contributed by atoms with Gasteiger partial charge in [-0.2, -0.15) is 5.26 Å². The Balaban J connectivity index is 2.96. The molecular formula is C10H11N3O4S. The smallest absolute Gasteiger partial charge is 0.309 e. The summed E-state index contributed by atoms with van der Waals surface area (Å²) < 4.78 is 21.9. The number of sulfone groups is 1. The molecule has 0 aromatic heterocycles. The van der Waals surface area contributed by atoms with Gasteiger partial charge in [-0.15, -0.1) is 0 Å². The standard InChI is InChI=1S/C10H11N3O4S/c1-18(16,17)6-5-12-9-4-2-3-8(7-11)10(9)13(14)15/h2-4,12H,5-6H2,1H3. The third kappa shape index (κ3) is 3.71. The Bertz CT molecular complexity index is 604. The number of nitrogens with zero attached hydrogens (tertiary/aromatic N) is 2. The van der Waals surface area contributed by atoms with Gasteiger partial charge in [-0.25, -0.2) is 8.42 Å². The van der Waals surface area contributed by atoms with Crippen molar-refractivity contribution in [2.24, 2.45) is 0 Å². The van der Waals surface area contributed by atoms with Crippen molar-refractivity contribution in [3.63, 3.8) is 0 Å². The van der Waals surface area contributed by atoms with Gasteiger partial charge in [-0.05, 0) is 12.1 Å². The van der Waals surface area contributed by atoms with Crippen LogP contribution in [-0.2, 0) is 9.84 Å². The number of nitrogens with one attached hydrogen (secondary N) is 1. The van der Waals surface area contributed by atoms with Crippen molar-refractivity contribution in [3.8, 4) is 6.07 Å². The van der Waals surface area contributed by atoms with Crippen LogP contribution in [0.4, 0.5) is 11.4 Å². The second-order valence-corrected chi connectivity index (χ2v) is 5.89. The van der Waals surface area contributed by atoms with Gasteiger partial charge >= 0.3 is 5.69 Å². The lowest BCUT2D eigenvalue weighted by molar-refractivity contribution is -0.384. The maximum Gasteiger partial charge on any atom is 0.309 e. The van der Waals surface area contributed by atoms with E-state index in [1.54, 1.807) is 6.07 Å². The van der Waals surface area contributed by atoms with Crippen LogP contribution < -0.4 is 5.32 Å². The number of anilines is 1. The molecular weight excluding hydrogens is 258 g/mol. The summed E-state index contributed by atoms with van der Waals surface area (Å²) in [6.07, 6.45) is 1.08. The first kappa shape index (κ1) is 13.9. The second-order valence-electron chi connectivity index (χ2n) is 3.63. The van der Waals surface area contributed by atoms with Crippen molar-refractivity contribution in [1.29, 1.82) is 5.26 Å². The third-order valence-corrected chi connectivity index (χ3v) is 3.07. The van der Waals surface area contributed by atoms with Crippen LogP contribution in [0.15, 0.2) is 18.2 Å². The monoisotopic (exact) mass is 269 g/mol. The van der Waals surface area contributed by atoms with Crippen LogP contribution in [0.1, 0.15) is 5.56 Å². The van der Waals surface area contributed by atoms with Gasteiger partial charge in [0.25, 0.3) is 0 Å². The summed E-state index contributed by atoms with van der Waals surface area (Å²) in [6, 6.07) is 5.98. The van der Waals surface area contributed by atoms with E-state index < -0.39 is 14.8 Å². The summed E-state index contributed by atoms with van der Waals surface area (Å²) in [5, 5.41) is 22.3. The van der Waals surface area contributed by atoms with E-state index in [0.717, 1.165) is 6.26 Å². The van der Waals surface area contributed by atoms with Crippen molar-refractivity contribution in [1.82, 2.24) is 0 Å². The predicted molar refractivity (Wildman–Crippen MR) is 66.0 cm³/mol. The van der Waals surface area contributed by atoms with E-state index in [1.807, 2.05) is 0 Å². The molecule has 0 spiro atoms. The molecule has 0 heterocycles. The van der Waals surface area contributed by atoms with E-state index in [4.69, 9.17) is 5.26 Å². The number of nitro benzene ring substituents is 1. The van der Waals surface area contributed by atoms with E-state index in [-0.39, 0.29) is 29.2 Å². The van der Waals surface area contributed by atoms with Crippen molar-refractivity contribution in [3.05, 3.63) is 33.9 Å². The molecule has 0 bridgehead atoms. The lowest BCUT2D eigenvalue weighted by Crippen LogP contribution is -2.15. The molecule has 0 saturated carbocycles. The summed E-state index contributed by atoms with van der Waals surface area (Å²) >= 11 is 0.